The average molecular weight is 1480 g/mol. The summed E-state index contributed by atoms with van der Waals surface area (Å²) in [6.45, 7) is 12.0. The van der Waals surface area contributed by atoms with Gasteiger partial charge in [0.1, 0.15) is 43.6 Å². The van der Waals surface area contributed by atoms with Crippen molar-refractivity contribution in [1.29, 1.82) is 0 Å². The molecule has 6 heterocycles. The van der Waals surface area contributed by atoms with Crippen LogP contribution in [0.3, 0.4) is 0 Å². The zero-order valence-electron chi connectivity index (χ0n) is 58.3. The minimum atomic E-state index is -2.08. The van der Waals surface area contributed by atoms with E-state index in [9.17, 15) is 88.7 Å². The van der Waals surface area contributed by atoms with Crippen molar-refractivity contribution in [3.05, 3.63) is 136 Å². The van der Waals surface area contributed by atoms with Gasteiger partial charge in [-0.25, -0.2) is 24.2 Å². The molecule has 0 radical (unpaired) electrons. The Morgan fingerprint density at radius 1 is 0.642 bits per heavy atom. The Kier molecular flexibility index (Phi) is 24.3. The summed E-state index contributed by atoms with van der Waals surface area (Å²) in [5.74, 6) is -6.03. The summed E-state index contributed by atoms with van der Waals surface area (Å²) in [5.41, 5.74) is 0.698. The molecule has 106 heavy (non-hydrogen) atoms. The summed E-state index contributed by atoms with van der Waals surface area (Å²) in [6.07, 6.45) is -11.7. The van der Waals surface area contributed by atoms with Gasteiger partial charge in [-0.05, 0) is 80.0 Å². The minimum absolute atomic E-state index is 0.0190. The molecular weight excluding hydrogens is 1390 g/mol. The Labute approximate surface area is 605 Å². The van der Waals surface area contributed by atoms with Gasteiger partial charge in [0.05, 0.1) is 66.9 Å². The maximum Gasteiger partial charge on any atom is 0.416 e. The lowest BCUT2D eigenvalue weighted by molar-refractivity contribution is -0.387. The van der Waals surface area contributed by atoms with Crippen LogP contribution in [0.4, 0.5) is 32.3 Å². The number of carbonyl (C=O) groups is 10. The number of unbranched alkanes of at least 4 members (excludes halogenated alkanes) is 2. The van der Waals surface area contributed by atoms with Crippen molar-refractivity contribution in [2.75, 3.05) is 62.2 Å². The number of fused-ring (bicyclic) bond motifs is 4. The van der Waals surface area contributed by atoms with Gasteiger partial charge >= 0.3 is 23.8 Å². The van der Waals surface area contributed by atoms with Crippen molar-refractivity contribution in [1.82, 2.24) is 25.3 Å². The summed E-state index contributed by atoms with van der Waals surface area (Å²) in [4.78, 5) is 149. The molecule has 35 nitrogen and oxygen atoms in total. The van der Waals surface area contributed by atoms with E-state index in [1.165, 1.54) is 85.6 Å². The lowest BCUT2D eigenvalue weighted by atomic mass is 9.99. The number of aliphatic carboxylic acids is 1. The summed E-state index contributed by atoms with van der Waals surface area (Å²) in [7, 11) is 2.63. The molecule has 6 aliphatic rings. The number of hydrogen-bond acceptors (Lipinski definition) is 25. The summed E-state index contributed by atoms with van der Waals surface area (Å²) < 4.78 is 45.7. The van der Waals surface area contributed by atoms with Crippen LogP contribution in [0.25, 0.3) is 0 Å². The van der Waals surface area contributed by atoms with E-state index < -0.39 is 132 Å². The van der Waals surface area contributed by atoms with Crippen LogP contribution >= 0.6 is 0 Å². The number of aliphatic hydroxyl groups excluding tert-OH is 5. The van der Waals surface area contributed by atoms with E-state index in [0.717, 1.165) is 26.8 Å². The first kappa shape index (κ1) is 77.4. The number of ether oxygens (including phenoxy) is 8. The Morgan fingerprint density at radius 3 is 1.68 bits per heavy atom. The van der Waals surface area contributed by atoms with E-state index in [-0.39, 0.29) is 140 Å². The third kappa shape index (κ3) is 16.9. The maximum atomic E-state index is 14.4. The molecule has 9 N–H and O–H groups in total. The normalized spacial score (nSPS) is 22.3. The molecule has 3 fully saturated rings. The van der Waals surface area contributed by atoms with Crippen LogP contribution in [0.15, 0.2) is 103 Å². The molecule has 6 aliphatic heterocycles. The fourth-order valence-electron chi connectivity index (χ4n) is 12.9. The third-order valence-electron chi connectivity index (χ3n) is 18.5. The van der Waals surface area contributed by atoms with Crippen molar-refractivity contribution in [2.45, 2.75) is 146 Å². The number of anilines is 3. The van der Waals surface area contributed by atoms with E-state index in [1.807, 2.05) is 0 Å². The van der Waals surface area contributed by atoms with Crippen LogP contribution in [0.5, 0.6) is 28.7 Å². The van der Waals surface area contributed by atoms with E-state index in [2.05, 4.69) is 29.1 Å². The third-order valence-corrected chi connectivity index (χ3v) is 18.5. The standard InChI is InChI=1S/C71H81N9O26/c1-35(2)57(74-54(81)12-9-8-10-21-75-55(82)19-20-56(75)83)63(88)72-38(5)62(87)73-41-16-13-39(14-17-41)33-103-70(95)78-44-29-52(50(99-6)27-42(44)64(89)76-31-36(3)24-47(76)66(78)91)101-22-11-23-102-53-30-45-43(28-51(53)100-7)65(90)77-32-37(4)25-48(77)67(92)79(45)71(96)104-34-40-15-18-49(46(26-40)80(97)98)105-69-60(86)58(84)59(85)61(106-69)68(93)94/h13-20,26-30,35,38,47-48,57-61,66-67,69,84-86,91-92H,3-4,8-12,21-25,31-34H2,1-2,5-7H3,(H,72,88)(H,73,87)(H,74,81)(H,93,94)/t38-,47-,48-,57-,58-,59-,60+,61-,66-,67-,69+/m0/s1. The van der Waals surface area contributed by atoms with Gasteiger partial charge in [0.15, 0.2) is 47.3 Å². The molecule has 9 amide bonds. The predicted molar refractivity (Wildman–Crippen MR) is 368 cm³/mol. The number of benzene rings is 4. The molecule has 0 bridgehead atoms. The predicted octanol–water partition coefficient (Wildman–Crippen LogP) is 3.29. The van der Waals surface area contributed by atoms with Gasteiger partial charge in [0.25, 0.3) is 23.6 Å². The second-order valence-corrected chi connectivity index (χ2v) is 26.3. The molecule has 566 valence electrons. The number of nitrogens with one attached hydrogen (secondary N) is 3. The molecule has 0 aromatic heterocycles. The lowest BCUT2D eigenvalue weighted by Gasteiger charge is -2.38. The van der Waals surface area contributed by atoms with Crippen molar-refractivity contribution in [3.63, 3.8) is 0 Å². The van der Waals surface area contributed by atoms with Crippen LogP contribution in [0.2, 0.25) is 0 Å². The van der Waals surface area contributed by atoms with E-state index >= 15 is 0 Å². The molecule has 10 rings (SSSR count). The number of hydrogen-bond donors (Lipinski definition) is 9. The highest BCUT2D eigenvalue weighted by Crippen LogP contribution is 2.45. The van der Waals surface area contributed by atoms with Gasteiger partial charge in [0, 0.05) is 68.5 Å². The molecular formula is C71H81N9O26. The second kappa shape index (κ2) is 33.3. The number of nitro groups is 1. The van der Waals surface area contributed by atoms with E-state index in [4.69, 9.17) is 37.9 Å². The van der Waals surface area contributed by atoms with Crippen molar-refractivity contribution in [3.8, 4) is 28.7 Å². The number of imide groups is 1. The van der Waals surface area contributed by atoms with Gasteiger partial charge < -0.3 is 94.3 Å². The minimum Gasteiger partial charge on any atom is -0.493 e. The van der Waals surface area contributed by atoms with Gasteiger partial charge in [-0.15, -0.1) is 0 Å². The van der Waals surface area contributed by atoms with Crippen molar-refractivity contribution in [2.24, 2.45) is 5.92 Å². The van der Waals surface area contributed by atoms with Gasteiger partial charge in [0.2, 0.25) is 24.0 Å². The number of rotatable bonds is 28. The first-order chi connectivity index (χ1) is 50.5. The van der Waals surface area contributed by atoms with Crippen LogP contribution in [0.1, 0.15) is 97.6 Å². The Hall–Kier alpha value is -11.2. The molecule has 35 heteroatoms. The van der Waals surface area contributed by atoms with Gasteiger partial charge in [-0.1, -0.05) is 62.8 Å². The largest absolute Gasteiger partial charge is 0.493 e. The fourth-order valence-corrected chi connectivity index (χ4v) is 12.9. The molecule has 0 unspecified atom stereocenters. The quantitative estimate of drug-likeness (QED) is 0.0129. The van der Waals surface area contributed by atoms with E-state index in [0.29, 0.717) is 41.7 Å². The van der Waals surface area contributed by atoms with Crippen LogP contribution in [-0.2, 0) is 56.2 Å². The second-order valence-electron chi connectivity index (χ2n) is 26.3. The molecule has 0 saturated carbocycles. The lowest BCUT2D eigenvalue weighted by Crippen LogP contribution is -2.61. The zero-order valence-corrected chi connectivity index (χ0v) is 58.3. The molecule has 0 spiro atoms. The zero-order chi connectivity index (χ0) is 76.7. The molecule has 11 atom stereocenters. The number of aliphatic hydroxyl groups is 5. The van der Waals surface area contributed by atoms with Gasteiger partial charge in [-0.3, -0.25) is 48.6 Å². The Balaban J connectivity index is 0.774. The fraction of sp³-hybridized carbons (Fsp3) is 0.437. The van der Waals surface area contributed by atoms with Crippen LogP contribution < -0.4 is 49.4 Å². The number of nitrogens with zero attached hydrogens (tertiary/aromatic N) is 6. The monoisotopic (exact) mass is 1480 g/mol. The number of carbonyl (C=O) groups excluding carboxylic acids is 9. The Morgan fingerprint density at radius 2 is 1.17 bits per heavy atom. The topological polar surface area (TPSA) is 461 Å². The number of amides is 9. The highest BCUT2D eigenvalue weighted by Gasteiger charge is 2.51. The summed E-state index contributed by atoms with van der Waals surface area (Å²) in [6, 6.07) is 10.7. The summed E-state index contributed by atoms with van der Waals surface area (Å²) in [5, 5.41) is 84.8. The molecule has 4 aromatic rings. The molecule has 3 saturated heterocycles. The highest BCUT2D eigenvalue weighted by molar-refractivity contribution is 6.13. The first-order valence-electron chi connectivity index (χ1n) is 33.8. The average Bonchev–Trinajstić information content (AvgIpc) is 1.59. The number of methoxy groups -OCH3 is 2. The van der Waals surface area contributed by atoms with Crippen LogP contribution in [0, 0.1) is 16.0 Å². The highest BCUT2D eigenvalue weighted by atomic mass is 16.7. The molecule has 4 aromatic carbocycles. The van der Waals surface area contributed by atoms with Crippen molar-refractivity contribution < 1.29 is 121 Å². The Bertz CT molecular complexity index is 4150. The SMILES string of the molecule is C=C1C[C@H]2[C@H](O)N(C(=O)OCc3ccc(NC(=O)[C@H](C)NC(=O)[C@@H](NC(=O)CCCCCN4C(=O)C=CC4=O)C(C)C)cc3)c3cc(OCCCOc4cc5c(cc4OC)C(=O)N4CC(=C)C[C@H]4[C@H](O)N5C(=O)OCc4ccc(O[C@@H]5O[C@H](C(=O)O)[C@@H](O)[C@H](O)[C@H]5O)c([N+](=O)[O-])c4)c(OC)cc3C(=O)N2C1. The number of nitro benzene ring substituents is 1. The number of carboxylic acids is 1. The molecule has 0 aliphatic carbocycles. The first-order valence-corrected chi connectivity index (χ1v) is 33.8. The van der Waals surface area contributed by atoms with Gasteiger partial charge in [-0.2, -0.15) is 0 Å². The summed E-state index contributed by atoms with van der Waals surface area (Å²) >= 11 is 0. The van der Waals surface area contributed by atoms with Crippen LogP contribution in [-0.4, -0.2) is 224 Å². The number of carboxylic acid groups (broad SMARTS) is 1. The maximum absolute atomic E-state index is 14.4. The van der Waals surface area contributed by atoms with E-state index in [1.54, 1.807) is 26.0 Å². The smallest absolute Gasteiger partial charge is 0.416 e. The van der Waals surface area contributed by atoms with Crippen molar-refractivity contribution >= 4 is 82.3 Å².